The van der Waals surface area contributed by atoms with Crippen molar-refractivity contribution in [3.05, 3.63) is 28.2 Å². The van der Waals surface area contributed by atoms with Crippen molar-refractivity contribution in [2.75, 3.05) is 18.5 Å². The number of hydrogen-bond donors (Lipinski definition) is 2. The fourth-order valence-electron chi connectivity index (χ4n) is 1.60. The smallest absolute Gasteiger partial charge is 0.227 e. The SMILES string of the molecule is CCOC(CN)CC(=O)Nc1cccc(Br)c1C. The fraction of sp³-hybridized carbons (Fsp3) is 0.462. The fourth-order valence-corrected chi connectivity index (χ4v) is 1.96. The lowest BCUT2D eigenvalue weighted by molar-refractivity contribution is -0.118. The highest BCUT2D eigenvalue weighted by atomic mass is 79.9. The van der Waals surface area contributed by atoms with Gasteiger partial charge >= 0.3 is 0 Å². The zero-order valence-electron chi connectivity index (χ0n) is 10.7. The number of carbonyl (C=O) groups excluding carboxylic acids is 1. The lowest BCUT2D eigenvalue weighted by Crippen LogP contribution is -2.29. The highest BCUT2D eigenvalue weighted by Crippen LogP contribution is 2.23. The van der Waals surface area contributed by atoms with Crippen molar-refractivity contribution in [1.82, 2.24) is 0 Å². The molecule has 1 aromatic rings. The van der Waals surface area contributed by atoms with Crippen LogP contribution in [0.2, 0.25) is 0 Å². The normalized spacial score (nSPS) is 12.2. The third-order valence-electron chi connectivity index (χ3n) is 2.62. The van der Waals surface area contributed by atoms with E-state index in [2.05, 4.69) is 21.2 Å². The summed E-state index contributed by atoms with van der Waals surface area (Å²) in [5.74, 6) is -0.0832. The van der Waals surface area contributed by atoms with E-state index in [0.717, 1.165) is 15.7 Å². The van der Waals surface area contributed by atoms with Gasteiger partial charge in [0.05, 0.1) is 12.5 Å². The second-order valence-electron chi connectivity index (χ2n) is 3.98. The number of anilines is 1. The van der Waals surface area contributed by atoms with Crippen LogP contribution in [0.4, 0.5) is 5.69 Å². The maximum Gasteiger partial charge on any atom is 0.227 e. The standard InChI is InChI=1S/C13H19BrN2O2/c1-3-18-10(8-15)7-13(17)16-12-6-4-5-11(14)9(12)2/h4-6,10H,3,7-8,15H2,1-2H3,(H,16,17). The summed E-state index contributed by atoms with van der Waals surface area (Å²) in [6.45, 7) is 4.74. The van der Waals surface area contributed by atoms with Gasteiger partial charge in [-0.25, -0.2) is 0 Å². The Hall–Kier alpha value is -0.910. The summed E-state index contributed by atoms with van der Waals surface area (Å²) in [5.41, 5.74) is 7.36. The Kier molecular flexibility index (Phi) is 6.32. The van der Waals surface area contributed by atoms with Crippen molar-refractivity contribution >= 4 is 27.5 Å². The molecule has 1 atom stereocenters. The second kappa shape index (κ2) is 7.51. The largest absolute Gasteiger partial charge is 0.377 e. The molecule has 1 amide bonds. The van der Waals surface area contributed by atoms with Gasteiger partial charge in [0.1, 0.15) is 0 Å². The molecular weight excluding hydrogens is 296 g/mol. The summed E-state index contributed by atoms with van der Waals surface area (Å²) in [6, 6.07) is 5.69. The third kappa shape index (κ3) is 4.40. The molecule has 0 heterocycles. The van der Waals surface area contributed by atoms with Crippen LogP contribution < -0.4 is 11.1 Å². The number of amides is 1. The zero-order valence-corrected chi connectivity index (χ0v) is 12.3. The maximum absolute atomic E-state index is 11.9. The molecule has 0 aliphatic rings. The van der Waals surface area contributed by atoms with Crippen molar-refractivity contribution in [3.63, 3.8) is 0 Å². The Morgan fingerprint density at radius 2 is 2.28 bits per heavy atom. The molecule has 0 saturated heterocycles. The molecule has 0 spiro atoms. The second-order valence-corrected chi connectivity index (χ2v) is 4.83. The summed E-state index contributed by atoms with van der Waals surface area (Å²) < 4.78 is 6.33. The first kappa shape index (κ1) is 15.1. The summed E-state index contributed by atoms with van der Waals surface area (Å²) in [5, 5.41) is 2.87. The summed E-state index contributed by atoms with van der Waals surface area (Å²) in [6.07, 6.45) is 0.0542. The molecule has 0 aliphatic heterocycles. The third-order valence-corrected chi connectivity index (χ3v) is 3.48. The van der Waals surface area contributed by atoms with Gasteiger partial charge in [0, 0.05) is 23.3 Å². The van der Waals surface area contributed by atoms with E-state index >= 15 is 0 Å². The quantitative estimate of drug-likeness (QED) is 0.847. The van der Waals surface area contributed by atoms with Gasteiger partial charge in [0.2, 0.25) is 5.91 Å². The van der Waals surface area contributed by atoms with Crippen LogP contribution in [0.1, 0.15) is 18.9 Å². The maximum atomic E-state index is 11.9. The number of nitrogens with one attached hydrogen (secondary N) is 1. The van der Waals surface area contributed by atoms with Gasteiger partial charge in [-0.2, -0.15) is 0 Å². The van der Waals surface area contributed by atoms with E-state index in [-0.39, 0.29) is 18.4 Å². The predicted molar refractivity (Wildman–Crippen MR) is 76.6 cm³/mol. The Morgan fingerprint density at radius 1 is 1.56 bits per heavy atom. The number of hydrogen-bond acceptors (Lipinski definition) is 3. The average molecular weight is 315 g/mol. The molecule has 0 radical (unpaired) electrons. The van der Waals surface area contributed by atoms with Gasteiger partial charge in [-0.15, -0.1) is 0 Å². The van der Waals surface area contributed by atoms with Gasteiger partial charge in [-0.3, -0.25) is 4.79 Å². The number of ether oxygens (including phenoxy) is 1. The number of halogens is 1. The predicted octanol–water partition coefficient (Wildman–Crippen LogP) is 2.45. The van der Waals surface area contributed by atoms with E-state index in [0.29, 0.717) is 13.2 Å². The van der Waals surface area contributed by atoms with Crippen molar-refractivity contribution < 1.29 is 9.53 Å². The lowest BCUT2D eigenvalue weighted by atomic mass is 10.2. The summed E-state index contributed by atoms with van der Waals surface area (Å²) >= 11 is 3.43. The highest BCUT2D eigenvalue weighted by molar-refractivity contribution is 9.10. The molecule has 100 valence electrons. The molecule has 1 aromatic carbocycles. The Labute approximate surface area is 116 Å². The van der Waals surface area contributed by atoms with Crippen LogP contribution in [0, 0.1) is 6.92 Å². The molecule has 18 heavy (non-hydrogen) atoms. The monoisotopic (exact) mass is 314 g/mol. The Morgan fingerprint density at radius 3 is 2.89 bits per heavy atom. The van der Waals surface area contributed by atoms with Gasteiger partial charge in [-0.1, -0.05) is 22.0 Å². The van der Waals surface area contributed by atoms with Crippen LogP contribution in [-0.2, 0) is 9.53 Å². The molecule has 4 nitrogen and oxygen atoms in total. The minimum Gasteiger partial charge on any atom is -0.377 e. The van der Waals surface area contributed by atoms with E-state index in [1.54, 1.807) is 0 Å². The average Bonchev–Trinajstić information content (AvgIpc) is 2.34. The van der Waals surface area contributed by atoms with E-state index < -0.39 is 0 Å². The molecule has 3 N–H and O–H groups in total. The Bertz CT molecular complexity index is 410. The molecule has 1 rings (SSSR count). The topological polar surface area (TPSA) is 64.3 Å². The van der Waals surface area contributed by atoms with Crippen LogP contribution >= 0.6 is 15.9 Å². The van der Waals surface area contributed by atoms with Crippen molar-refractivity contribution in [3.8, 4) is 0 Å². The van der Waals surface area contributed by atoms with E-state index in [9.17, 15) is 4.79 Å². The first-order valence-corrected chi connectivity index (χ1v) is 6.74. The molecule has 5 heteroatoms. The van der Waals surface area contributed by atoms with Crippen molar-refractivity contribution in [2.45, 2.75) is 26.4 Å². The van der Waals surface area contributed by atoms with Crippen molar-refractivity contribution in [2.24, 2.45) is 5.73 Å². The molecule has 0 fully saturated rings. The minimum atomic E-state index is -0.220. The number of nitrogens with two attached hydrogens (primary N) is 1. The number of carbonyl (C=O) groups is 1. The van der Waals surface area contributed by atoms with Crippen LogP contribution in [0.5, 0.6) is 0 Å². The van der Waals surface area contributed by atoms with Crippen molar-refractivity contribution in [1.29, 1.82) is 0 Å². The van der Waals surface area contributed by atoms with E-state index in [4.69, 9.17) is 10.5 Å². The Balaban J connectivity index is 2.61. The van der Waals surface area contributed by atoms with Crippen LogP contribution in [-0.4, -0.2) is 25.2 Å². The van der Waals surface area contributed by atoms with Gasteiger partial charge in [-0.05, 0) is 31.5 Å². The highest BCUT2D eigenvalue weighted by Gasteiger charge is 2.13. The van der Waals surface area contributed by atoms with Crippen LogP contribution in [0.15, 0.2) is 22.7 Å². The van der Waals surface area contributed by atoms with E-state index in [1.165, 1.54) is 0 Å². The van der Waals surface area contributed by atoms with Crippen LogP contribution in [0.3, 0.4) is 0 Å². The summed E-state index contributed by atoms with van der Waals surface area (Å²) in [4.78, 5) is 11.9. The molecule has 0 bridgehead atoms. The number of benzene rings is 1. The minimum absolute atomic E-state index is 0.0832. The van der Waals surface area contributed by atoms with Gasteiger partial charge in [0.15, 0.2) is 0 Å². The van der Waals surface area contributed by atoms with Gasteiger partial charge in [0.25, 0.3) is 0 Å². The van der Waals surface area contributed by atoms with E-state index in [1.807, 2.05) is 32.0 Å². The number of rotatable bonds is 6. The summed E-state index contributed by atoms with van der Waals surface area (Å²) in [7, 11) is 0. The molecular formula is C13H19BrN2O2. The molecule has 0 saturated carbocycles. The molecule has 0 aromatic heterocycles. The van der Waals surface area contributed by atoms with Gasteiger partial charge < -0.3 is 15.8 Å². The molecule has 1 unspecified atom stereocenters. The first-order valence-electron chi connectivity index (χ1n) is 5.95. The first-order chi connectivity index (χ1) is 8.58. The lowest BCUT2D eigenvalue weighted by Gasteiger charge is -2.15. The van der Waals surface area contributed by atoms with Crippen LogP contribution in [0.25, 0.3) is 0 Å². The molecule has 0 aliphatic carbocycles. The zero-order chi connectivity index (χ0) is 13.5.